The van der Waals surface area contributed by atoms with E-state index < -0.39 is 23.6 Å². The van der Waals surface area contributed by atoms with Gasteiger partial charge in [0.1, 0.15) is 0 Å². The highest BCUT2D eigenvalue weighted by Gasteiger charge is 2.42. The van der Waals surface area contributed by atoms with E-state index in [1.165, 1.54) is 10.7 Å². The Morgan fingerprint density at radius 2 is 1.71 bits per heavy atom. The van der Waals surface area contributed by atoms with Crippen molar-refractivity contribution in [3.63, 3.8) is 0 Å². The van der Waals surface area contributed by atoms with Gasteiger partial charge >= 0.3 is 12.4 Å². The van der Waals surface area contributed by atoms with Crippen LogP contribution in [0.15, 0.2) is 24.3 Å². The number of hydrogen-bond donors (Lipinski definition) is 0. The fourth-order valence-corrected chi connectivity index (χ4v) is 4.57. The summed E-state index contributed by atoms with van der Waals surface area (Å²) in [5.74, 6) is -0.272. The van der Waals surface area contributed by atoms with E-state index in [4.69, 9.17) is 11.6 Å². The first-order valence-corrected chi connectivity index (χ1v) is 11.3. The number of carbonyl (C=O) groups is 1. The van der Waals surface area contributed by atoms with Crippen molar-refractivity contribution in [1.29, 1.82) is 0 Å². The van der Waals surface area contributed by atoms with Crippen molar-refractivity contribution >= 4 is 17.5 Å². The van der Waals surface area contributed by atoms with Crippen LogP contribution in [-0.4, -0.2) is 51.7 Å². The number of benzene rings is 1. The Labute approximate surface area is 197 Å². The summed E-state index contributed by atoms with van der Waals surface area (Å²) in [6.45, 7) is 2.10. The van der Waals surface area contributed by atoms with E-state index in [1.807, 2.05) is 4.90 Å². The average Bonchev–Trinajstić information content (AvgIpc) is 3.54. The third-order valence-corrected chi connectivity index (χ3v) is 6.46. The summed E-state index contributed by atoms with van der Waals surface area (Å²) in [6, 6.07) is 5.16. The van der Waals surface area contributed by atoms with Gasteiger partial charge in [-0.2, -0.15) is 31.4 Å². The largest absolute Gasteiger partial charge is 0.436 e. The number of aryl methyl sites for hydroxylation is 1. The van der Waals surface area contributed by atoms with E-state index in [1.54, 1.807) is 11.0 Å². The van der Waals surface area contributed by atoms with E-state index in [0.717, 1.165) is 25.0 Å². The number of halogens is 7. The number of nitrogens with zero attached hydrogens (tertiary/aromatic N) is 4. The van der Waals surface area contributed by atoms with Gasteiger partial charge in [0, 0.05) is 45.1 Å². The van der Waals surface area contributed by atoms with Crippen LogP contribution in [0.25, 0.3) is 0 Å². The highest BCUT2D eigenvalue weighted by Crippen LogP contribution is 2.47. The van der Waals surface area contributed by atoms with E-state index in [0.29, 0.717) is 44.0 Å². The quantitative estimate of drug-likeness (QED) is 0.505. The van der Waals surface area contributed by atoms with Gasteiger partial charge < -0.3 is 4.90 Å². The van der Waals surface area contributed by atoms with Crippen LogP contribution in [0.5, 0.6) is 0 Å². The maximum Gasteiger partial charge on any atom is 0.436 e. The van der Waals surface area contributed by atoms with Crippen LogP contribution >= 0.6 is 11.6 Å². The number of carbonyl (C=O) groups excluding carboxylic acids is 1. The van der Waals surface area contributed by atoms with Crippen molar-refractivity contribution in [2.24, 2.45) is 0 Å². The van der Waals surface area contributed by atoms with Crippen LogP contribution in [0.1, 0.15) is 47.7 Å². The van der Waals surface area contributed by atoms with Gasteiger partial charge in [0.2, 0.25) is 5.91 Å². The van der Waals surface area contributed by atoms with Crippen molar-refractivity contribution in [2.45, 2.75) is 50.6 Å². The summed E-state index contributed by atoms with van der Waals surface area (Å²) in [7, 11) is 0. The molecule has 1 saturated carbocycles. The minimum atomic E-state index is -4.66. The van der Waals surface area contributed by atoms with Crippen LogP contribution in [0.4, 0.5) is 26.3 Å². The lowest BCUT2D eigenvalue weighted by molar-refractivity contribution is -0.141. The zero-order chi connectivity index (χ0) is 24.7. The SMILES string of the molecule is O=C(CCn1nc(C(F)(F)F)c(Cl)c1C1CC1)N1CCN(Cc2cccc(C(F)(F)F)c2)CC1. The molecule has 1 aromatic carbocycles. The molecular weight excluding hydrogens is 486 g/mol. The molecule has 0 bridgehead atoms. The molecular formula is C22H23ClF6N4O. The predicted octanol–water partition coefficient (Wildman–Crippen LogP) is 5.19. The molecule has 34 heavy (non-hydrogen) atoms. The van der Waals surface area contributed by atoms with Crippen LogP contribution in [-0.2, 0) is 30.2 Å². The zero-order valence-electron chi connectivity index (χ0n) is 18.1. The van der Waals surface area contributed by atoms with Gasteiger partial charge in [-0.3, -0.25) is 14.4 Å². The first kappa shape index (κ1) is 24.8. The van der Waals surface area contributed by atoms with E-state index in [2.05, 4.69) is 5.10 Å². The first-order chi connectivity index (χ1) is 15.9. The maximum absolute atomic E-state index is 13.2. The highest BCUT2D eigenvalue weighted by molar-refractivity contribution is 6.32. The summed E-state index contributed by atoms with van der Waals surface area (Å²) in [5, 5.41) is 3.26. The lowest BCUT2D eigenvalue weighted by Crippen LogP contribution is -2.48. The lowest BCUT2D eigenvalue weighted by atomic mass is 10.1. The first-order valence-electron chi connectivity index (χ1n) is 10.9. The minimum absolute atomic E-state index is 0.00488. The van der Waals surface area contributed by atoms with Gasteiger partial charge in [0.15, 0.2) is 5.69 Å². The van der Waals surface area contributed by atoms with Gasteiger partial charge in [-0.15, -0.1) is 0 Å². The fourth-order valence-electron chi connectivity index (χ4n) is 4.17. The summed E-state index contributed by atoms with van der Waals surface area (Å²) in [4.78, 5) is 16.2. The molecule has 0 unspecified atom stereocenters. The standard InChI is InChI=1S/C22H23ClF6N4O/c23-18-19(15-4-5-15)33(30-20(18)22(27,28)29)7-6-17(34)32-10-8-31(9-11-32)13-14-2-1-3-16(12-14)21(24,25)26/h1-3,12,15H,4-11,13H2. The molecule has 0 N–H and O–H groups in total. The number of amides is 1. The monoisotopic (exact) mass is 508 g/mol. The molecule has 1 aliphatic carbocycles. The van der Waals surface area contributed by atoms with Gasteiger partial charge in [-0.25, -0.2) is 0 Å². The number of alkyl halides is 6. The van der Waals surface area contributed by atoms with Gasteiger partial charge in [0.25, 0.3) is 0 Å². The molecule has 2 aliphatic rings. The number of rotatable bonds is 6. The van der Waals surface area contributed by atoms with Crippen LogP contribution in [0.3, 0.4) is 0 Å². The molecule has 1 saturated heterocycles. The zero-order valence-corrected chi connectivity index (χ0v) is 18.8. The van der Waals surface area contributed by atoms with Crippen LogP contribution in [0.2, 0.25) is 5.02 Å². The molecule has 2 aromatic rings. The third-order valence-electron chi connectivity index (χ3n) is 6.09. The summed E-state index contributed by atoms with van der Waals surface area (Å²) in [6.07, 6.45) is -7.59. The van der Waals surface area contributed by atoms with Gasteiger partial charge in [0.05, 0.1) is 22.8 Å². The van der Waals surface area contributed by atoms with E-state index in [-0.39, 0.29) is 29.8 Å². The molecule has 186 valence electrons. The Hall–Kier alpha value is -2.27. The number of aromatic nitrogens is 2. The predicted molar refractivity (Wildman–Crippen MR) is 112 cm³/mol. The molecule has 2 fully saturated rings. The van der Waals surface area contributed by atoms with Crippen LogP contribution < -0.4 is 0 Å². The Bertz CT molecular complexity index is 1040. The molecule has 4 rings (SSSR count). The second-order valence-corrected chi connectivity index (χ2v) is 9.03. The van der Waals surface area contributed by atoms with Crippen LogP contribution in [0, 0.1) is 0 Å². The molecule has 0 radical (unpaired) electrons. The Morgan fingerprint density at radius 1 is 1.03 bits per heavy atom. The van der Waals surface area contributed by atoms with Crippen molar-refractivity contribution in [1.82, 2.24) is 19.6 Å². The molecule has 0 spiro atoms. The highest BCUT2D eigenvalue weighted by atomic mass is 35.5. The Morgan fingerprint density at radius 3 is 2.29 bits per heavy atom. The molecule has 1 amide bonds. The maximum atomic E-state index is 13.2. The molecule has 2 heterocycles. The molecule has 12 heteroatoms. The number of piperazine rings is 1. The molecule has 0 atom stereocenters. The van der Waals surface area contributed by atoms with Gasteiger partial charge in [-0.1, -0.05) is 29.8 Å². The molecule has 1 aromatic heterocycles. The fraction of sp³-hybridized carbons (Fsp3) is 0.545. The second-order valence-electron chi connectivity index (χ2n) is 8.65. The van der Waals surface area contributed by atoms with Crippen molar-refractivity contribution < 1.29 is 31.1 Å². The second kappa shape index (κ2) is 9.41. The van der Waals surface area contributed by atoms with E-state index in [9.17, 15) is 31.1 Å². The normalized spacial score (nSPS) is 17.9. The summed E-state index contributed by atoms with van der Waals surface area (Å²) in [5.41, 5.74) is -0.936. The number of hydrogen-bond acceptors (Lipinski definition) is 3. The average molecular weight is 509 g/mol. The van der Waals surface area contributed by atoms with Crippen molar-refractivity contribution in [2.75, 3.05) is 26.2 Å². The smallest absolute Gasteiger partial charge is 0.340 e. The Kier molecular flexibility index (Phi) is 6.87. The minimum Gasteiger partial charge on any atom is -0.340 e. The van der Waals surface area contributed by atoms with E-state index >= 15 is 0 Å². The van der Waals surface area contributed by atoms with Gasteiger partial charge in [-0.05, 0) is 24.5 Å². The van der Waals surface area contributed by atoms with Crippen molar-refractivity contribution in [3.05, 3.63) is 51.8 Å². The lowest BCUT2D eigenvalue weighted by Gasteiger charge is -2.35. The summed E-state index contributed by atoms with van der Waals surface area (Å²) < 4.78 is 79.5. The molecule has 5 nitrogen and oxygen atoms in total. The summed E-state index contributed by atoms with van der Waals surface area (Å²) >= 11 is 5.96. The molecule has 1 aliphatic heterocycles. The topological polar surface area (TPSA) is 41.4 Å². The third kappa shape index (κ3) is 5.68. The van der Waals surface area contributed by atoms with Crippen molar-refractivity contribution in [3.8, 4) is 0 Å². The Balaban J connectivity index is 1.31.